The topological polar surface area (TPSA) is 52.6 Å². The van der Waals surface area contributed by atoms with Crippen molar-refractivity contribution >= 4 is 37.4 Å². The predicted octanol–water partition coefficient (Wildman–Crippen LogP) is 2.94. The maximum atomic E-state index is 11.5. The highest BCUT2D eigenvalue weighted by Gasteiger charge is 2.34. The van der Waals surface area contributed by atoms with E-state index in [2.05, 4.69) is 15.9 Å². The fourth-order valence-corrected chi connectivity index (χ4v) is 5.55. The van der Waals surface area contributed by atoms with Gasteiger partial charge in [0.25, 0.3) is 0 Å². The van der Waals surface area contributed by atoms with Gasteiger partial charge in [-0.2, -0.15) is 0 Å². The standard InChI is InChI=1S/C12H12BrClO4S/c13-11(7-1-2-19(15,16)5-7)8-3-9(14)12-10(4-8)17-6-18-12/h3-4,7,11H,1-2,5-6H2. The molecule has 0 aliphatic carbocycles. The van der Waals surface area contributed by atoms with Gasteiger partial charge in [0.1, 0.15) is 0 Å². The molecule has 0 spiro atoms. The molecule has 0 N–H and O–H groups in total. The van der Waals surface area contributed by atoms with Crippen LogP contribution in [-0.2, 0) is 9.84 Å². The molecule has 1 saturated heterocycles. The van der Waals surface area contributed by atoms with Crippen LogP contribution in [0, 0.1) is 5.92 Å². The zero-order valence-electron chi connectivity index (χ0n) is 9.93. The van der Waals surface area contributed by atoms with Gasteiger partial charge in [-0.15, -0.1) is 0 Å². The maximum Gasteiger partial charge on any atom is 0.231 e. The van der Waals surface area contributed by atoms with Crippen LogP contribution in [0.25, 0.3) is 0 Å². The second-order valence-corrected chi connectivity index (χ2v) is 8.42. The van der Waals surface area contributed by atoms with Crippen molar-refractivity contribution in [1.29, 1.82) is 0 Å². The summed E-state index contributed by atoms with van der Waals surface area (Å²) in [5, 5.41) is 0.496. The van der Waals surface area contributed by atoms with Gasteiger partial charge in [-0.3, -0.25) is 0 Å². The third-order valence-corrected chi connectivity index (χ3v) is 6.80. The highest BCUT2D eigenvalue weighted by atomic mass is 79.9. The molecular weight excluding hydrogens is 356 g/mol. The van der Waals surface area contributed by atoms with Crippen LogP contribution in [0.4, 0.5) is 0 Å². The van der Waals surface area contributed by atoms with E-state index in [9.17, 15) is 8.42 Å². The van der Waals surface area contributed by atoms with E-state index in [1.807, 2.05) is 6.07 Å². The zero-order valence-corrected chi connectivity index (χ0v) is 13.1. The molecule has 7 heteroatoms. The minimum atomic E-state index is -2.89. The van der Waals surface area contributed by atoms with Gasteiger partial charge in [-0.1, -0.05) is 27.5 Å². The van der Waals surface area contributed by atoms with Crippen LogP contribution in [0.15, 0.2) is 12.1 Å². The van der Waals surface area contributed by atoms with Gasteiger partial charge in [-0.25, -0.2) is 8.42 Å². The molecule has 1 aromatic carbocycles. The largest absolute Gasteiger partial charge is 0.454 e. The molecule has 104 valence electrons. The molecule has 2 unspecified atom stereocenters. The summed E-state index contributed by atoms with van der Waals surface area (Å²) in [6.45, 7) is 0.170. The summed E-state index contributed by atoms with van der Waals surface area (Å²) >= 11 is 9.73. The number of benzene rings is 1. The lowest BCUT2D eigenvalue weighted by Gasteiger charge is -2.17. The number of rotatable bonds is 2. The van der Waals surface area contributed by atoms with Crippen LogP contribution >= 0.6 is 27.5 Å². The SMILES string of the molecule is O=S1(=O)CCC(C(Br)c2cc(Cl)c3c(c2)OCO3)C1. The fourth-order valence-electron chi connectivity index (χ4n) is 2.47. The van der Waals surface area contributed by atoms with Gasteiger partial charge in [0.05, 0.1) is 16.5 Å². The first-order valence-electron chi connectivity index (χ1n) is 5.90. The number of hydrogen-bond donors (Lipinski definition) is 0. The Bertz CT molecular complexity index is 616. The number of hydrogen-bond acceptors (Lipinski definition) is 4. The molecule has 2 aliphatic rings. The average Bonchev–Trinajstić information content (AvgIpc) is 2.94. The summed E-state index contributed by atoms with van der Waals surface area (Å²) in [7, 11) is -2.89. The minimum absolute atomic E-state index is 0.0447. The van der Waals surface area contributed by atoms with Crippen molar-refractivity contribution in [3.63, 3.8) is 0 Å². The molecular formula is C12H12BrClO4S. The lowest BCUT2D eigenvalue weighted by molar-refractivity contribution is 0.174. The Hall–Kier alpha value is -0.460. The molecule has 1 fully saturated rings. The minimum Gasteiger partial charge on any atom is -0.454 e. The van der Waals surface area contributed by atoms with Crippen molar-refractivity contribution in [2.75, 3.05) is 18.3 Å². The second-order valence-electron chi connectivity index (χ2n) is 4.80. The summed E-state index contributed by atoms with van der Waals surface area (Å²) in [6.07, 6.45) is 0.671. The number of ether oxygens (including phenoxy) is 2. The number of alkyl halides is 1. The third-order valence-electron chi connectivity index (χ3n) is 3.45. The van der Waals surface area contributed by atoms with E-state index < -0.39 is 9.84 Å². The Morgan fingerprint density at radius 1 is 1.37 bits per heavy atom. The van der Waals surface area contributed by atoms with Gasteiger partial charge >= 0.3 is 0 Å². The lowest BCUT2D eigenvalue weighted by Crippen LogP contribution is -2.10. The molecule has 0 amide bonds. The van der Waals surface area contributed by atoms with E-state index >= 15 is 0 Å². The Morgan fingerprint density at radius 3 is 2.84 bits per heavy atom. The van der Waals surface area contributed by atoms with Crippen LogP contribution < -0.4 is 9.47 Å². The van der Waals surface area contributed by atoms with Crippen LogP contribution in [0.1, 0.15) is 16.8 Å². The third kappa shape index (κ3) is 2.58. The molecule has 0 aromatic heterocycles. The lowest BCUT2D eigenvalue weighted by atomic mass is 9.98. The van der Waals surface area contributed by atoms with Crippen molar-refractivity contribution in [2.24, 2.45) is 5.92 Å². The summed E-state index contributed by atoms with van der Waals surface area (Å²) in [6, 6.07) is 3.66. The van der Waals surface area contributed by atoms with Crippen molar-refractivity contribution in [1.82, 2.24) is 0 Å². The number of fused-ring (bicyclic) bond motifs is 1. The van der Waals surface area contributed by atoms with Crippen molar-refractivity contribution in [3.05, 3.63) is 22.7 Å². The number of halogens is 2. The smallest absolute Gasteiger partial charge is 0.231 e. The second kappa shape index (κ2) is 4.82. The van der Waals surface area contributed by atoms with Crippen molar-refractivity contribution < 1.29 is 17.9 Å². The van der Waals surface area contributed by atoms with Crippen LogP contribution in [0.2, 0.25) is 5.02 Å². The zero-order chi connectivity index (χ0) is 13.6. The summed E-state index contributed by atoms with van der Waals surface area (Å²) in [5.74, 6) is 1.73. The average molecular weight is 368 g/mol. The van der Waals surface area contributed by atoms with Crippen LogP contribution in [0.5, 0.6) is 11.5 Å². The fraction of sp³-hybridized carbons (Fsp3) is 0.500. The van der Waals surface area contributed by atoms with Crippen molar-refractivity contribution in [3.8, 4) is 11.5 Å². The summed E-state index contributed by atoms with van der Waals surface area (Å²) < 4.78 is 33.7. The van der Waals surface area contributed by atoms with Gasteiger partial charge in [-0.05, 0) is 30.0 Å². The predicted molar refractivity (Wildman–Crippen MR) is 76.0 cm³/mol. The van der Waals surface area contributed by atoms with E-state index in [1.54, 1.807) is 6.07 Å². The monoisotopic (exact) mass is 366 g/mol. The van der Waals surface area contributed by atoms with Gasteiger partial charge in [0.15, 0.2) is 21.3 Å². The molecule has 0 radical (unpaired) electrons. The van der Waals surface area contributed by atoms with Crippen molar-refractivity contribution in [2.45, 2.75) is 11.2 Å². The molecule has 2 atom stereocenters. The van der Waals surface area contributed by atoms with Crippen LogP contribution in [-0.4, -0.2) is 26.7 Å². The van der Waals surface area contributed by atoms with E-state index in [4.69, 9.17) is 21.1 Å². The molecule has 4 nitrogen and oxygen atoms in total. The summed E-state index contributed by atoms with van der Waals surface area (Å²) in [5.41, 5.74) is 0.927. The van der Waals surface area contributed by atoms with E-state index in [0.29, 0.717) is 22.9 Å². The quantitative estimate of drug-likeness (QED) is 0.754. The Balaban J connectivity index is 1.89. The van der Waals surface area contributed by atoms with E-state index in [1.165, 1.54) is 0 Å². The highest BCUT2D eigenvalue weighted by molar-refractivity contribution is 9.09. The molecule has 0 saturated carbocycles. The number of sulfone groups is 1. The highest BCUT2D eigenvalue weighted by Crippen LogP contribution is 2.45. The first kappa shape index (κ1) is 13.5. The van der Waals surface area contributed by atoms with E-state index in [-0.39, 0.29) is 29.0 Å². The molecule has 2 heterocycles. The van der Waals surface area contributed by atoms with Gasteiger partial charge in [0, 0.05) is 4.83 Å². The Labute approximate surface area is 125 Å². The Kier molecular flexibility index (Phi) is 3.43. The molecule has 3 rings (SSSR count). The Morgan fingerprint density at radius 2 is 2.16 bits per heavy atom. The normalized spacial score (nSPS) is 25.5. The molecule has 0 bridgehead atoms. The van der Waals surface area contributed by atoms with Gasteiger partial charge < -0.3 is 9.47 Å². The molecule has 2 aliphatic heterocycles. The van der Waals surface area contributed by atoms with Gasteiger partial charge in [0.2, 0.25) is 6.79 Å². The van der Waals surface area contributed by atoms with E-state index in [0.717, 1.165) is 5.56 Å². The van der Waals surface area contributed by atoms with Crippen LogP contribution in [0.3, 0.4) is 0 Å². The first-order chi connectivity index (χ1) is 8.96. The maximum absolute atomic E-state index is 11.5. The summed E-state index contributed by atoms with van der Waals surface area (Å²) in [4.78, 5) is -0.0447. The molecule has 1 aromatic rings. The first-order valence-corrected chi connectivity index (χ1v) is 9.01. The molecule has 19 heavy (non-hydrogen) atoms.